The van der Waals surface area contributed by atoms with Crippen LogP contribution in [-0.4, -0.2) is 72.8 Å². The van der Waals surface area contributed by atoms with Gasteiger partial charge in [-0.2, -0.15) is 0 Å². The van der Waals surface area contributed by atoms with Crippen LogP contribution in [0.25, 0.3) is 0 Å². The maximum Gasteiger partial charge on any atom is 0.243 e. The molecule has 0 spiro atoms. The van der Waals surface area contributed by atoms with Gasteiger partial charge in [0.25, 0.3) is 0 Å². The number of hydrogen-bond donors (Lipinski definition) is 4. The lowest BCUT2D eigenvalue weighted by molar-refractivity contribution is -0.138. The molecule has 32 heavy (non-hydrogen) atoms. The number of primary amides is 1. The Hall–Kier alpha value is -2.62. The number of rotatable bonds is 11. The number of hydrazine groups is 1. The zero-order chi connectivity index (χ0) is 25.1. The highest BCUT2D eigenvalue weighted by atomic mass is 16.2. The van der Waals surface area contributed by atoms with Crippen molar-refractivity contribution >= 4 is 23.6 Å². The molecular weight excluding hydrogens is 412 g/mol. The van der Waals surface area contributed by atoms with E-state index in [0.717, 1.165) is 0 Å². The van der Waals surface area contributed by atoms with Crippen LogP contribution < -0.4 is 21.8 Å². The van der Waals surface area contributed by atoms with Gasteiger partial charge in [0, 0.05) is 24.6 Å². The molecule has 0 saturated carbocycles. The summed E-state index contributed by atoms with van der Waals surface area (Å²) in [5.74, 6) is -1.63. The van der Waals surface area contributed by atoms with Crippen molar-refractivity contribution in [2.75, 3.05) is 27.2 Å². The van der Waals surface area contributed by atoms with Crippen molar-refractivity contribution in [1.82, 2.24) is 26.0 Å². The van der Waals surface area contributed by atoms with Crippen LogP contribution in [0.15, 0.2) is 12.3 Å². The average molecular weight is 463 g/mol. The fraction of sp³-hybridized carbons (Fsp3) is 0.727. The SMILES string of the molecule is CC.CCC(C(N)=O)N(C)C(=O)CNC(=O)C1C=CN(CC(=O)NC)N1.CCCCCC.[HH].[HH].[HH]. The van der Waals surface area contributed by atoms with Gasteiger partial charge in [0.2, 0.25) is 23.6 Å². The van der Waals surface area contributed by atoms with Gasteiger partial charge >= 0.3 is 0 Å². The highest BCUT2D eigenvalue weighted by Gasteiger charge is 2.26. The van der Waals surface area contributed by atoms with Crippen LogP contribution in [0.5, 0.6) is 0 Å². The lowest BCUT2D eigenvalue weighted by atomic mass is 10.2. The van der Waals surface area contributed by atoms with Crippen molar-refractivity contribution in [1.29, 1.82) is 0 Å². The van der Waals surface area contributed by atoms with Crippen LogP contribution in [0, 0.1) is 0 Å². The second-order valence-electron chi connectivity index (χ2n) is 7.01. The van der Waals surface area contributed by atoms with Gasteiger partial charge < -0.3 is 26.3 Å². The number of carbonyl (C=O) groups is 4. The first-order valence-corrected chi connectivity index (χ1v) is 11.5. The third-order valence-electron chi connectivity index (χ3n) is 4.59. The average Bonchev–Trinajstić information content (AvgIpc) is 3.26. The first-order chi connectivity index (χ1) is 15.2. The third kappa shape index (κ3) is 12.9. The lowest BCUT2D eigenvalue weighted by Gasteiger charge is -2.25. The van der Waals surface area contributed by atoms with Gasteiger partial charge in [0.1, 0.15) is 18.6 Å². The summed E-state index contributed by atoms with van der Waals surface area (Å²) >= 11 is 0. The Morgan fingerprint density at radius 3 is 2.16 bits per heavy atom. The molecule has 1 aliphatic rings. The normalized spacial score (nSPS) is 14.8. The predicted molar refractivity (Wildman–Crippen MR) is 133 cm³/mol. The Kier molecular flexibility index (Phi) is 18.8. The second kappa shape index (κ2) is 19.1. The molecule has 2 unspecified atom stereocenters. The fourth-order valence-corrected chi connectivity index (χ4v) is 2.67. The second-order valence-corrected chi connectivity index (χ2v) is 7.01. The van der Waals surface area contributed by atoms with Crippen LogP contribution in [-0.2, 0) is 19.2 Å². The van der Waals surface area contributed by atoms with Crippen molar-refractivity contribution in [2.45, 2.75) is 78.8 Å². The Labute approximate surface area is 197 Å². The first-order valence-electron chi connectivity index (χ1n) is 11.5. The van der Waals surface area contributed by atoms with E-state index in [2.05, 4.69) is 29.9 Å². The molecule has 4 amide bonds. The quantitative estimate of drug-likeness (QED) is 0.344. The summed E-state index contributed by atoms with van der Waals surface area (Å²) in [6.45, 7) is 10.0. The Morgan fingerprint density at radius 2 is 1.72 bits per heavy atom. The van der Waals surface area contributed by atoms with Crippen molar-refractivity contribution < 1.29 is 23.5 Å². The Bertz CT molecular complexity index is 608. The molecule has 0 aromatic carbocycles. The van der Waals surface area contributed by atoms with Gasteiger partial charge in [-0.05, 0) is 12.5 Å². The summed E-state index contributed by atoms with van der Waals surface area (Å²) in [5.41, 5.74) is 8.04. The first kappa shape index (κ1) is 31.6. The van der Waals surface area contributed by atoms with Crippen molar-refractivity contribution in [3.05, 3.63) is 12.3 Å². The van der Waals surface area contributed by atoms with E-state index in [1.807, 2.05) is 13.8 Å². The van der Waals surface area contributed by atoms with E-state index >= 15 is 0 Å². The molecule has 0 aromatic rings. The molecular formula is C22H50N6O4. The number of nitrogens with one attached hydrogen (secondary N) is 3. The largest absolute Gasteiger partial charge is 0.368 e. The highest BCUT2D eigenvalue weighted by molar-refractivity contribution is 5.91. The van der Waals surface area contributed by atoms with Gasteiger partial charge in [-0.1, -0.05) is 60.3 Å². The Morgan fingerprint density at radius 1 is 1.16 bits per heavy atom. The molecule has 1 aliphatic heterocycles. The molecule has 0 aromatic heterocycles. The molecule has 0 aliphatic carbocycles. The summed E-state index contributed by atoms with van der Waals surface area (Å²) in [7, 11) is 2.98. The molecule has 10 nitrogen and oxygen atoms in total. The summed E-state index contributed by atoms with van der Waals surface area (Å²) in [6.07, 6.45) is 9.08. The zero-order valence-electron chi connectivity index (χ0n) is 20.9. The molecule has 0 bridgehead atoms. The Balaban J connectivity index is -0.000000238. The molecule has 0 saturated heterocycles. The number of amides is 4. The zero-order valence-corrected chi connectivity index (χ0v) is 20.9. The smallest absolute Gasteiger partial charge is 0.243 e. The maximum absolute atomic E-state index is 12.0. The van der Waals surface area contributed by atoms with E-state index < -0.39 is 29.8 Å². The molecule has 5 N–H and O–H groups in total. The van der Waals surface area contributed by atoms with Gasteiger partial charge in [0.05, 0.1) is 6.54 Å². The van der Waals surface area contributed by atoms with E-state index in [4.69, 9.17) is 5.73 Å². The molecule has 1 rings (SSSR count). The van der Waals surface area contributed by atoms with Gasteiger partial charge in [-0.15, -0.1) is 0 Å². The van der Waals surface area contributed by atoms with E-state index in [9.17, 15) is 19.2 Å². The summed E-state index contributed by atoms with van der Waals surface area (Å²) in [5, 5.41) is 6.43. The van der Waals surface area contributed by atoms with Crippen LogP contribution in [0.4, 0.5) is 0 Å². The number of likely N-dealkylation sites (N-methyl/N-ethyl adjacent to an activating group) is 2. The van der Waals surface area contributed by atoms with E-state index in [-0.39, 0.29) is 23.3 Å². The molecule has 10 heteroatoms. The number of carbonyl (C=O) groups excluding carboxylic acids is 4. The third-order valence-corrected chi connectivity index (χ3v) is 4.59. The van der Waals surface area contributed by atoms with Crippen LogP contribution in [0.3, 0.4) is 0 Å². The fourth-order valence-electron chi connectivity index (χ4n) is 2.67. The van der Waals surface area contributed by atoms with Crippen molar-refractivity contribution in [3.63, 3.8) is 0 Å². The number of unbranched alkanes of at least 4 members (excludes halogenated alkanes) is 3. The standard InChI is InChI=1S/C14H24N6O4.C6H14.C2H6.3H2/c1-4-10(13(15)23)19(3)12(22)7-17-14(24)9-5-6-20(18-9)8-11(21)16-2;1-3-5-6-4-2;1-2;;;/h5-6,9-10,18H,4,7-8H2,1-3H3,(H2,15,23)(H,16,21)(H,17,24);3-6H2,1-2H3;1-2H3;3*1H. The van der Waals surface area contributed by atoms with Crippen LogP contribution >= 0.6 is 0 Å². The monoisotopic (exact) mass is 462 g/mol. The molecule has 192 valence electrons. The summed E-state index contributed by atoms with van der Waals surface area (Å²) < 4.78 is 0. The van der Waals surface area contributed by atoms with E-state index in [1.165, 1.54) is 49.7 Å². The summed E-state index contributed by atoms with van der Waals surface area (Å²) in [6, 6.07) is -1.38. The number of nitrogens with zero attached hydrogens (tertiary/aromatic N) is 2. The van der Waals surface area contributed by atoms with Crippen molar-refractivity contribution in [2.24, 2.45) is 5.73 Å². The van der Waals surface area contributed by atoms with E-state index in [0.29, 0.717) is 6.42 Å². The maximum atomic E-state index is 12.0. The van der Waals surface area contributed by atoms with Gasteiger partial charge in [-0.25, -0.2) is 5.43 Å². The summed E-state index contributed by atoms with van der Waals surface area (Å²) in [4.78, 5) is 47.8. The lowest BCUT2D eigenvalue weighted by Crippen LogP contribution is -2.51. The minimum absolute atomic E-state index is 0. The van der Waals surface area contributed by atoms with E-state index in [1.54, 1.807) is 19.2 Å². The molecule has 2 atom stereocenters. The molecule has 0 radical (unpaired) electrons. The highest BCUT2D eigenvalue weighted by Crippen LogP contribution is 2.03. The van der Waals surface area contributed by atoms with Gasteiger partial charge in [0.15, 0.2) is 0 Å². The number of hydrogen-bond acceptors (Lipinski definition) is 6. The minimum atomic E-state index is -0.707. The molecule has 0 fully saturated rings. The topological polar surface area (TPSA) is 137 Å². The molecule has 1 heterocycles. The van der Waals surface area contributed by atoms with Gasteiger partial charge in [-0.3, -0.25) is 19.2 Å². The van der Waals surface area contributed by atoms with Crippen LogP contribution in [0.1, 0.15) is 71.0 Å². The van der Waals surface area contributed by atoms with Crippen molar-refractivity contribution in [3.8, 4) is 0 Å². The number of nitrogens with two attached hydrogens (primary N) is 1. The van der Waals surface area contributed by atoms with Crippen LogP contribution in [0.2, 0.25) is 0 Å². The minimum Gasteiger partial charge on any atom is -0.368 e. The predicted octanol–water partition coefficient (Wildman–Crippen LogP) is 1.62.